The number of hydrogen-bond donors (Lipinski definition) is 2. The number of anilines is 1. The van der Waals surface area contributed by atoms with Crippen LogP contribution in [0.25, 0.3) is 0 Å². The summed E-state index contributed by atoms with van der Waals surface area (Å²) in [5.41, 5.74) is 1.42. The Labute approximate surface area is 144 Å². The Morgan fingerprint density at radius 3 is 1.91 bits per heavy atom. The monoisotopic (exact) mass is 374 g/mol. The molecule has 0 heterocycles. The molecule has 2 N–H and O–H groups in total. The fourth-order valence-corrected chi connectivity index (χ4v) is 2.33. The Morgan fingerprint density at radius 2 is 1.39 bits per heavy atom. The lowest BCUT2D eigenvalue weighted by Gasteiger charge is -2.20. The topological polar surface area (TPSA) is 58.2 Å². The zero-order valence-corrected chi connectivity index (χ0v) is 14.9. The SMILES string of the molecule is CC(C)(C)NC(=O)c1ccc(C(=O)Nc2ccccc2Br)cc1. The van der Waals surface area contributed by atoms with E-state index in [0.717, 1.165) is 4.47 Å². The Balaban J connectivity index is 2.09. The van der Waals surface area contributed by atoms with Crippen LogP contribution in [0.3, 0.4) is 0 Å². The molecule has 2 aromatic carbocycles. The largest absolute Gasteiger partial charge is 0.347 e. The standard InChI is InChI=1S/C18H19BrN2O2/c1-18(2,3)21-17(23)13-10-8-12(9-11-13)16(22)20-15-7-5-4-6-14(15)19/h4-11H,1-3H3,(H,20,22)(H,21,23). The molecule has 0 atom stereocenters. The van der Waals surface area contributed by atoms with Crippen molar-refractivity contribution < 1.29 is 9.59 Å². The van der Waals surface area contributed by atoms with Crippen molar-refractivity contribution in [2.24, 2.45) is 0 Å². The first-order chi connectivity index (χ1) is 10.8. The second kappa shape index (κ2) is 6.96. The van der Waals surface area contributed by atoms with Gasteiger partial charge in [0.1, 0.15) is 0 Å². The highest BCUT2D eigenvalue weighted by Crippen LogP contribution is 2.22. The van der Waals surface area contributed by atoms with E-state index in [-0.39, 0.29) is 17.4 Å². The lowest BCUT2D eigenvalue weighted by molar-refractivity contribution is 0.0918. The summed E-state index contributed by atoms with van der Waals surface area (Å²) in [6.45, 7) is 5.76. The summed E-state index contributed by atoms with van der Waals surface area (Å²) >= 11 is 3.39. The minimum atomic E-state index is -0.299. The maximum atomic E-state index is 12.2. The molecule has 2 aromatic rings. The molecule has 0 unspecified atom stereocenters. The highest BCUT2D eigenvalue weighted by atomic mass is 79.9. The van der Waals surface area contributed by atoms with Crippen molar-refractivity contribution in [2.75, 3.05) is 5.32 Å². The molecule has 0 aliphatic rings. The maximum absolute atomic E-state index is 12.2. The Hall–Kier alpha value is -2.14. The normalized spacial score (nSPS) is 11.0. The summed E-state index contributed by atoms with van der Waals surface area (Å²) in [7, 11) is 0. The molecule has 0 radical (unpaired) electrons. The van der Waals surface area contributed by atoms with Gasteiger partial charge in [-0.05, 0) is 73.1 Å². The van der Waals surface area contributed by atoms with Crippen LogP contribution in [0.2, 0.25) is 0 Å². The van der Waals surface area contributed by atoms with Gasteiger partial charge in [0.05, 0.1) is 5.69 Å². The number of benzene rings is 2. The quantitative estimate of drug-likeness (QED) is 0.844. The molecule has 0 fully saturated rings. The molecule has 0 bridgehead atoms. The average molecular weight is 375 g/mol. The predicted molar refractivity (Wildman–Crippen MR) is 95.8 cm³/mol. The molecule has 2 rings (SSSR count). The van der Waals surface area contributed by atoms with Gasteiger partial charge >= 0.3 is 0 Å². The number of carbonyl (C=O) groups is 2. The van der Waals surface area contributed by atoms with Crippen LogP contribution in [0.1, 0.15) is 41.5 Å². The first-order valence-corrected chi connectivity index (χ1v) is 8.04. The maximum Gasteiger partial charge on any atom is 0.255 e. The van der Waals surface area contributed by atoms with E-state index in [1.54, 1.807) is 24.3 Å². The molecule has 0 saturated carbocycles. The summed E-state index contributed by atoms with van der Waals surface area (Å²) in [5.74, 6) is -0.380. The van der Waals surface area contributed by atoms with Gasteiger partial charge in [-0.2, -0.15) is 0 Å². The lowest BCUT2D eigenvalue weighted by atomic mass is 10.1. The fourth-order valence-electron chi connectivity index (χ4n) is 1.94. The number of halogens is 1. The molecule has 0 aliphatic heterocycles. The van der Waals surface area contributed by atoms with E-state index in [1.807, 2.05) is 45.0 Å². The second-order valence-corrected chi connectivity index (χ2v) is 7.07. The Kier molecular flexibility index (Phi) is 5.21. The van der Waals surface area contributed by atoms with E-state index >= 15 is 0 Å². The third kappa shape index (κ3) is 4.93. The molecule has 0 saturated heterocycles. The molecule has 2 amide bonds. The zero-order valence-electron chi connectivity index (χ0n) is 13.3. The number of rotatable bonds is 3. The minimum absolute atomic E-state index is 0.157. The summed E-state index contributed by atoms with van der Waals surface area (Å²) in [5, 5.41) is 5.71. The van der Waals surface area contributed by atoms with Gasteiger partial charge in [-0.1, -0.05) is 12.1 Å². The van der Waals surface area contributed by atoms with E-state index in [4.69, 9.17) is 0 Å². The Morgan fingerprint density at radius 1 is 0.870 bits per heavy atom. The van der Waals surface area contributed by atoms with Crippen LogP contribution in [-0.4, -0.2) is 17.4 Å². The number of nitrogens with one attached hydrogen (secondary N) is 2. The van der Waals surface area contributed by atoms with Gasteiger partial charge in [-0.25, -0.2) is 0 Å². The number of carbonyl (C=O) groups excluding carboxylic acids is 2. The van der Waals surface area contributed by atoms with Gasteiger partial charge < -0.3 is 10.6 Å². The highest BCUT2D eigenvalue weighted by molar-refractivity contribution is 9.10. The molecule has 0 aromatic heterocycles. The molecule has 0 aliphatic carbocycles. The highest BCUT2D eigenvalue weighted by Gasteiger charge is 2.15. The molecule has 23 heavy (non-hydrogen) atoms. The number of amides is 2. The first-order valence-electron chi connectivity index (χ1n) is 7.25. The summed E-state index contributed by atoms with van der Waals surface area (Å²) in [6, 6.07) is 14.0. The van der Waals surface area contributed by atoms with Crippen molar-refractivity contribution in [2.45, 2.75) is 26.3 Å². The zero-order chi connectivity index (χ0) is 17.0. The number of para-hydroxylation sites is 1. The number of hydrogen-bond acceptors (Lipinski definition) is 2. The third-order valence-electron chi connectivity index (χ3n) is 3.02. The van der Waals surface area contributed by atoms with E-state index in [2.05, 4.69) is 26.6 Å². The van der Waals surface area contributed by atoms with Gasteiger partial charge in [-0.15, -0.1) is 0 Å². The van der Waals surface area contributed by atoms with Crippen LogP contribution in [0.4, 0.5) is 5.69 Å². The Bertz CT molecular complexity index is 719. The minimum Gasteiger partial charge on any atom is -0.347 e. The van der Waals surface area contributed by atoms with Gasteiger partial charge in [0.15, 0.2) is 0 Å². The molecular weight excluding hydrogens is 356 g/mol. The van der Waals surface area contributed by atoms with Crippen LogP contribution < -0.4 is 10.6 Å². The average Bonchev–Trinajstić information content (AvgIpc) is 2.48. The van der Waals surface area contributed by atoms with E-state index in [9.17, 15) is 9.59 Å². The van der Waals surface area contributed by atoms with Crippen molar-refractivity contribution in [3.05, 3.63) is 64.1 Å². The van der Waals surface area contributed by atoms with Crippen molar-refractivity contribution in [3.63, 3.8) is 0 Å². The van der Waals surface area contributed by atoms with E-state index in [1.165, 1.54) is 0 Å². The molecule has 5 heteroatoms. The molecule has 0 spiro atoms. The van der Waals surface area contributed by atoms with E-state index in [0.29, 0.717) is 16.8 Å². The fraction of sp³-hybridized carbons (Fsp3) is 0.222. The second-order valence-electron chi connectivity index (χ2n) is 6.22. The van der Waals surface area contributed by atoms with Gasteiger partial charge in [0.2, 0.25) is 0 Å². The van der Waals surface area contributed by atoms with Crippen LogP contribution in [0.15, 0.2) is 53.0 Å². The summed E-state index contributed by atoms with van der Waals surface area (Å²) in [6.07, 6.45) is 0. The van der Waals surface area contributed by atoms with Crippen molar-refractivity contribution in [1.29, 1.82) is 0 Å². The van der Waals surface area contributed by atoms with Crippen LogP contribution in [0.5, 0.6) is 0 Å². The first kappa shape index (κ1) is 17.2. The summed E-state index contributed by atoms with van der Waals surface area (Å²) < 4.78 is 0.814. The van der Waals surface area contributed by atoms with Crippen LogP contribution in [0, 0.1) is 0 Å². The lowest BCUT2D eigenvalue weighted by Crippen LogP contribution is -2.40. The summed E-state index contributed by atoms with van der Waals surface area (Å²) in [4.78, 5) is 24.3. The van der Waals surface area contributed by atoms with Gasteiger partial charge in [0, 0.05) is 21.1 Å². The third-order valence-corrected chi connectivity index (χ3v) is 3.71. The molecular formula is C18H19BrN2O2. The van der Waals surface area contributed by atoms with E-state index < -0.39 is 0 Å². The predicted octanol–water partition coefficient (Wildman–Crippen LogP) is 4.23. The smallest absolute Gasteiger partial charge is 0.255 e. The van der Waals surface area contributed by atoms with Crippen molar-refractivity contribution in [3.8, 4) is 0 Å². The van der Waals surface area contributed by atoms with Crippen molar-refractivity contribution >= 4 is 33.4 Å². The van der Waals surface area contributed by atoms with Crippen LogP contribution in [-0.2, 0) is 0 Å². The van der Waals surface area contributed by atoms with Crippen LogP contribution >= 0.6 is 15.9 Å². The molecule has 4 nitrogen and oxygen atoms in total. The molecule has 120 valence electrons. The van der Waals surface area contributed by atoms with Gasteiger partial charge in [-0.3, -0.25) is 9.59 Å². The van der Waals surface area contributed by atoms with Crippen molar-refractivity contribution in [1.82, 2.24) is 5.32 Å². The van der Waals surface area contributed by atoms with Gasteiger partial charge in [0.25, 0.3) is 11.8 Å².